The van der Waals surface area contributed by atoms with Gasteiger partial charge in [0.1, 0.15) is 0 Å². The SMILES string of the molecule is CCC(CC)(CO)Cc1ccc(Cl)cc1Cl. The number of hydrogen-bond donors (Lipinski definition) is 1. The molecule has 1 aromatic rings. The second-order valence-corrected chi connectivity index (χ2v) is 5.12. The van der Waals surface area contributed by atoms with Crippen LogP contribution in [0.4, 0.5) is 0 Å². The van der Waals surface area contributed by atoms with Crippen LogP contribution < -0.4 is 0 Å². The molecule has 0 radical (unpaired) electrons. The Morgan fingerprint density at radius 2 is 1.81 bits per heavy atom. The normalized spacial score (nSPS) is 11.8. The second kappa shape index (κ2) is 5.90. The lowest BCUT2D eigenvalue weighted by atomic mass is 9.78. The third kappa shape index (κ3) is 3.13. The number of aliphatic hydroxyl groups is 1. The Kier molecular flexibility index (Phi) is 5.10. The third-order valence-corrected chi connectivity index (χ3v) is 4.00. The maximum absolute atomic E-state index is 9.51. The first-order valence-electron chi connectivity index (χ1n) is 5.61. The topological polar surface area (TPSA) is 20.2 Å². The zero-order valence-corrected chi connectivity index (χ0v) is 11.3. The van der Waals surface area contributed by atoms with E-state index in [1.807, 2.05) is 12.1 Å². The zero-order chi connectivity index (χ0) is 12.2. The van der Waals surface area contributed by atoms with Crippen molar-refractivity contribution in [3.05, 3.63) is 33.8 Å². The third-order valence-electron chi connectivity index (χ3n) is 3.42. The predicted octanol–water partition coefficient (Wildman–Crippen LogP) is 4.33. The summed E-state index contributed by atoms with van der Waals surface area (Å²) in [7, 11) is 0. The summed E-state index contributed by atoms with van der Waals surface area (Å²) in [5.41, 5.74) is 1.00. The Labute approximate surface area is 107 Å². The molecule has 0 atom stereocenters. The summed E-state index contributed by atoms with van der Waals surface area (Å²) in [5.74, 6) is 0. The molecule has 1 nitrogen and oxygen atoms in total. The quantitative estimate of drug-likeness (QED) is 0.836. The molecule has 0 saturated carbocycles. The molecule has 1 aromatic carbocycles. The van der Waals surface area contributed by atoms with E-state index in [0.717, 1.165) is 24.8 Å². The van der Waals surface area contributed by atoms with Gasteiger partial charge in [0.15, 0.2) is 0 Å². The molecular weight excluding hydrogens is 243 g/mol. The summed E-state index contributed by atoms with van der Waals surface area (Å²) in [5, 5.41) is 10.9. The van der Waals surface area contributed by atoms with Crippen LogP contribution in [-0.4, -0.2) is 11.7 Å². The molecule has 1 rings (SSSR count). The molecule has 0 aliphatic rings. The zero-order valence-electron chi connectivity index (χ0n) is 9.76. The van der Waals surface area contributed by atoms with Crippen LogP contribution in [-0.2, 0) is 6.42 Å². The van der Waals surface area contributed by atoms with Crippen molar-refractivity contribution in [2.75, 3.05) is 6.61 Å². The molecular formula is C13H18Cl2O. The minimum atomic E-state index is -0.0581. The molecule has 0 amide bonds. The minimum absolute atomic E-state index is 0.0581. The number of benzene rings is 1. The van der Waals surface area contributed by atoms with E-state index in [1.54, 1.807) is 6.07 Å². The molecule has 0 spiro atoms. The van der Waals surface area contributed by atoms with E-state index in [2.05, 4.69) is 13.8 Å². The van der Waals surface area contributed by atoms with Crippen molar-refractivity contribution in [1.29, 1.82) is 0 Å². The van der Waals surface area contributed by atoms with Crippen LogP contribution in [0.25, 0.3) is 0 Å². The van der Waals surface area contributed by atoms with E-state index in [9.17, 15) is 5.11 Å². The van der Waals surface area contributed by atoms with E-state index in [0.29, 0.717) is 10.0 Å². The highest BCUT2D eigenvalue weighted by Crippen LogP contribution is 2.33. The van der Waals surface area contributed by atoms with Crippen LogP contribution in [0.1, 0.15) is 32.3 Å². The summed E-state index contributed by atoms with van der Waals surface area (Å²) >= 11 is 12.0. The van der Waals surface area contributed by atoms with Gasteiger partial charge in [-0.15, -0.1) is 0 Å². The Morgan fingerprint density at radius 1 is 1.19 bits per heavy atom. The lowest BCUT2D eigenvalue weighted by molar-refractivity contribution is 0.115. The average Bonchev–Trinajstić information content (AvgIpc) is 2.29. The molecule has 0 aliphatic carbocycles. The Balaban J connectivity index is 2.93. The molecule has 3 heteroatoms. The van der Waals surface area contributed by atoms with Gasteiger partial charge in [0.05, 0.1) is 0 Å². The van der Waals surface area contributed by atoms with Gasteiger partial charge in [0.2, 0.25) is 0 Å². The fourth-order valence-corrected chi connectivity index (χ4v) is 2.32. The molecule has 0 bridgehead atoms. The van der Waals surface area contributed by atoms with Gasteiger partial charge >= 0.3 is 0 Å². The van der Waals surface area contributed by atoms with Crippen LogP contribution in [0.3, 0.4) is 0 Å². The van der Waals surface area contributed by atoms with Gasteiger partial charge in [-0.3, -0.25) is 0 Å². The van der Waals surface area contributed by atoms with Gasteiger partial charge in [-0.1, -0.05) is 43.1 Å². The van der Waals surface area contributed by atoms with Crippen molar-refractivity contribution < 1.29 is 5.11 Å². The predicted molar refractivity (Wildman–Crippen MR) is 70.3 cm³/mol. The highest BCUT2D eigenvalue weighted by Gasteiger charge is 2.26. The first-order valence-corrected chi connectivity index (χ1v) is 6.37. The van der Waals surface area contributed by atoms with Crippen LogP contribution in [0.5, 0.6) is 0 Å². The van der Waals surface area contributed by atoms with Gasteiger partial charge in [-0.25, -0.2) is 0 Å². The molecule has 0 aliphatic heterocycles. The lowest BCUT2D eigenvalue weighted by Crippen LogP contribution is -2.26. The number of rotatable bonds is 5. The average molecular weight is 261 g/mol. The maximum Gasteiger partial charge on any atom is 0.0490 e. The fourth-order valence-electron chi connectivity index (χ4n) is 1.85. The molecule has 0 heterocycles. The van der Waals surface area contributed by atoms with Crippen molar-refractivity contribution in [3.63, 3.8) is 0 Å². The molecule has 1 N–H and O–H groups in total. The Hall–Kier alpha value is -0.240. The summed E-state index contributed by atoms with van der Waals surface area (Å²) in [6.45, 7) is 4.39. The monoisotopic (exact) mass is 260 g/mol. The van der Waals surface area contributed by atoms with Gasteiger partial charge in [0, 0.05) is 16.7 Å². The summed E-state index contributed by atoms with van der Waals surface area (Å²) in [6.07, 6.45) is 2.68. The fraction of sp³-hybridized carbons (Fsp3) is 0.538. The van der Waals surface area contributed by atoms with Gasteiger partial charge in [0.25, 0.3) is 0 Å². The van der Waals surface area contributed by atoms with E-state index in [4.69, 9.17) is 23.2 Å². The van der Waals surface area contributed by atoms with Crippen LogP contribution in [0.2, 0.25) is 10.0 Å². The van der Waals surface area contributed by atoms with E-state index in [1.165, 1.54) is 0 Å². The number of hydrogen-bond acceptors (Lipinski definition) is 1. The minimum Gasteiger partial charge on any atom is -0.396 e. The first kappa shape index (κ1) is 13.8. The Bertz CT molecular complexity index is 338. The summed E-state index contributed by atoms with van der Waals surface area (Å²) in [6, 6.07) is 5.54. The standard InChI is InChI=1S/C13H18Cl2O/c1-3-13(4-2,9-16)8-10-5-6-11(14)7-12(10)15/h5-7,16H,3-4,8-9H2,1-2H3. The maximum atomic E-state index is 9.51. The van der Waals surface area contributed by atoms with Gasteiger partial charge < -0.3 is 5.11 Å². The second-order valence-electron chi connectivity index (χ2n) is 4.28. The van der Waals surface area contributed by atoms with E-state index < -0.39 is 0 Å². The van der Waals surface area contributed by atoms with Crippen LogP contribution in [0.15, 0.2) is 18.2 Å². The van der Waals surface area contributed by atoms with Crippen molar-refractivity contribution in [1.82, 2.24) is 0 Å². The van der Waals surface area contributed by atoms with Crippen LogP contribution >= 0.6 is 23.2 Å². The number of halogens is 2. The van der Waals surface area contributed by atoms with Crippen molar-refractivity contribution in [2.45, 2.75) is 33.1 Å². The van der Waals surface area contributed by atoms with Gasteiger partial charge in [-0.05, 0) is 42.4 Å². The van der Waals surface area contributed by atoms with Crippen LogP contribution in [0, 0.1) is 5.41 Å². The first-order chi connectivity index (χ1) is 7.56. The van der Waals surface area contributed by atoms with E-state index in [-0.39, 0.29) is 12.0 Å². The highest BCUT2D eigenvalue weighted by atomic mass is 35.5. The lowest BCUT2D eigenvalue weighted by Gasteiger charge is -2.29. The number of aliphatic hydroxyl groups excluding tert-OH is 1. The van der Waals surface area contributed by atoms with Crippen molar-refractivity contribution >= 4 is 23.2 Å². The smallest absolute Gasteiger partial charge is 0.0490 e. The Morgan fingerprint density at radius 3 is 2.25 bits per heavy atom. The molecule has 0 unspecified atom stereocenters. The molecule has 0 saturated heterocycles. The molecule has 0 aromatic heterocycles. The van der Waals surface area contributed by atoms with Crippen molar-refractivity contribution in [2.24, 2.45) is 5.41 Å². The molecule has 16 heavy (non-hydrogen) atoms. The summed E-state index contributed by atoms with van der Waals surface area (Å²) < 4.78 is 0. The molecule has 90 valence electrons. The van der Waals surface area contributed by atoms with Crippen molar-refractivity contribution in [3.8, 4) is 0 Å². The molecule has 0 fully saturated rings. The van der Waals surface area contributed by atoms with Gasteiger partial charge in [-0.2, -0.15) is 0 Å². The largest absolute Gasteiger partial charge is 0.396 e. The highest BCUT2D eigenvalue weighted by molar-refractivity contribution is 6.35. The van der Waals surface area contributed by atoms with E-state index >= 15 is 0 Å². The summed E-state index contributed by atoms with van der Waals surface area (Å²) in [4.78, 5) is 0.